The molecule has 7 nitrogen and oxygen atoms in total. The largest absolute Gasteiger partial charge is 0.454 e. The summed E-state index contributed by atoms with van der Waals surface area (Å²) in [5, 5.41) is 2.85. The smallest absolute Gasteiger partial charge is 0.329 e. The lowest BCUT2D eigenvalue weighted by molar-refractivity contribution is -0.156. The van der Waals surface area contributed by atoms with Crippen molar-refractivity contribution in [1.29, 1.82) is 0 Å². The van der Waals surface area contributed by atoms with Gasteiger partial charge in [-0.25, -0.2) is 4.79 Å². The lowest BCUT2D eigenvalue weighted by atomic mass is 10.0. The van der Waals surface area contributed by atoms with E-state index in [1.807, 2.05) is 0 Å². The van der Waals surface area contributed by atoms with E-state index in [0.29, 0.717) is 19.4 Å². The number of likely N-dealkylation sites (tertiary alicyclic amines) is 1. The molecule has 1 fully saturated rings. The number of rotatable bonds is 6. The maximum Gasteiger partial charge on any atom is 0.329 e. The van der Waals surface area contributed by atoms with Crippen LogP contribution < -0.4 is 5.32 Å². The van der Waals surface area contributed by atoms with Crippen molar-refractivity contribution < 1.29 is 23.9 Å². The number of amides is 3. The van der Waals surface area contributed by atoms with E-state index >= 15 is 0 Å². The highest BCUT2D eigenvalue weighted by atomic mass is 35.5. The number of carbonyl (C=O) groups is 4. The van der Waals surface area contributed by atoms with E-state index in [9.17, 15) is 19.2 Å². The SMILES string of the molecule is CC(C)[C@@H](NC(=O)c1ccccc1Cl)C(=O)OCC(=O)N1CCCC1=O. The number of esters is 1. The Morgan fingerprint density at radius 1 is 1.27 bits per heavy atom. The summed E-state index contributed by atoms with van der Waals surface area (Å²) in [6.07, 6.45) is 0.934. The van der Waals surface area contributed by atoms with Crippen LogP contribution in [0.5, 0.6) is 0 Å². The normalized spacial score (nSPS) is 15.1. The van der Waals surface area contributed by atoms with Crippen LogP contribution >= 0.6 is 11.6 Å². The van der Waals surface area contributed by atoms with Gasteiger partial charge in [0.05, 0.1) is 10.6 Å². The second-order valence-corrected chi connectivity index (χ2v) is 6.73. The minimum atomic E-state index is -0.944. The van der Waals surface area contributed by atoms with E-state index in [1.165, 1.54) is 0 Å². The molecule has 1 N–H and O–H groups in total. The maximum atomic E-state index is 12.4. The molecule has 1 atom stereocenters. The molecular weight excluding hydrogens is 360 g/mol. The molecule has 8 heteroatoms. The Bertz CT molecular complexity index is 719. The van der Waals surface area contributed by atoms with Gasteiger partial charge in [-0.05, 0) is 24.5 Å². The van der Waals surface area contributed by atoms with E-state index in [2.05, 4.69) is 5.32 Å². The minimum Gasteiger partial charge on any atom is -0.454 e. The standard InChI is InChI=1S/C18H21ClN2O5/c1-11(2)16(20-17(24)12-6-3-4-7-13(12)19)18(25)26-10-15(23)21-9-5-8-14(21)22/h3-4,6-7,11,16H,5,8-10H2,1-2H3,(H,20,24)/t16-/m1/s1. The van der Waals surface area contributed by atoms with Crippen molar-refractivity contribution in [2.75, 3.05) is 13.2 Å². The highest BCUT2D eigenvalue weighted by Crippen LogP contribution is 2.16. The average molecular weight is 381 g/mol. The molecule has 0 saturated carbocycles. The Morgan fingerprint density at radius 3 is 2.54 bits per heavy atom. The minimum absolute atomic E-state index is 0.242. The summed E-state index contributed by atoms with van der Waals surface area (Å²) >= 11 is 5.99. The van der Waals surface area contributed by atoms with Crippen LogP contribution in [0.4, 0.5) is 0 Å². The second kappa shape index (κ2) is 8.80. The van der Waals surface area contributed by atoms with Crippen molar-refractivity contribution in [1.82, 2.24) is 10.2 Å². The lowest BCUT2D eigenvalue weighted by Crippen LogP contribution is -2.46. The highest BCUT2D eigenvalue weighted by Gasteiger charge is 2.30. The molecule has 0 bridgehead atoms. The number of hydrogen-bond donors (Lipinski definition) is 1. The number of halogens is 1. The maximum absolute atomic E-state index is 12.4. The highest BCUT2D eigenvalue weighted by molar-refractivity contribution is 6.33. The van der Waals surface area contributed by atoms with Gasteiger partial charge < -0.3 is 10.1 Å². The summed E-state index contributed by atoms with van der Waals surface area (Å²) in [5.74, 6) is -2.33. The summed E-state index contributed by atoms with van der Waals surface area (Å²) in [5.41, 5.74) is 0.242. The van der Waals surface area contributed by atoms with Gasteiger partial charge in [0.25, 0.3) is 11.8 Å². The summed E-state index contributed by atoms with van der Waals surface area (Å²) < 4.78 is 5.02. The zero-order valence-electron chi connectivity index (χ0n) is 14.7. The first-order valence-corrected chi connectivity index (χ1v) is 8.74. The summed E-state index contributed by atoms with van der Waals surface area (Å²) in [6.45, 7) is 3.29. The van der Waals surface area contributed by atoms with Crippen LogP contribution in [0, 0.1) is 5.92 Å². The van der Waals surface area contributed by atoms with Gasteiger partial charge in [0.15, 0.2) is 6.61 Å². The predicted molar refractivity (Wildman–Crippen MR) is 94.5 cm³/mol. The molecule has 0 aliphatic carbocycles. The predicted octanol–water partition coefficient (Wildman–Crippen LogP) is 1.79. The zero-order valence-corrected chi connectivity index (χ0v) is 15.4. The molecule has 0 spiro atoms. The number of hydrogen-bond acceptors (Lipinski definition) is 5. The lowest BCUT2D eigenvalue weighted by Gasteiger charge is -2.21. The molecule has 1 aromatic carbocycles. The molecule has 1 heterocycles. The fraction of sp³-hybridized carbons (Fsp3) is 0.444. The van der Waals surface area contributed by atoms with Crippen LogP contribution in [0.3, 0.4) is 0 Å². The van der Waals surface area contributed by atoms with Crippen LogP contribution in [0.1, 0.15) is 37.0 Å². The molecule has 1 aliphatic heterocycles. The fourth-order valence-corrected chi connectivity index (χ4v) is 2.80. The molecule has 140 valence electrons. The molecule has 3 amide bonds. The molecule has 1 aliphatic rings. The quantitative estimate of drug-likeness (QED) is 0.759. The third-order valence-electron chi connectivity index (χ3n) is 4.04. The van der Waals surface area contributed by atoms with Gasteiger partial charge >= 0.3 is 5.97 Å². The van der Waals surface area contributed by atoms with Gasteiger partial charge in [-0.3, -0.25) is 19.3 Å². The van der Waals surface area contributed by atoms with Crippen LogP contribution in [0.25, 0.3) is 0 Å². The van der Waals surface area contributed by atoms with Gasteiger partial charge in [-0.1, -0.05) is 37.6 Å². The average Bonchev–Trinajstić information content (AvgIpc) is 3.03. The molecule has 1 saturated heterocycles. The Labute approximate surface area is 156 Å². The third kappa shape index (κ3) is 4.82. The number of ether oxygens (including phenoxy) is 1. The van der Waals surface area contributed by atoms with Crippen molar-refractivity contribution in [3.05, 3.63) is 34.9 Å². The Morgan fingerprint density at radius 2 is 1.96 bits per heavy atom. The molecule has 1 aromatic rings. The summed E-state index contributed by atoms with van der Waals surface area (Å²) in [7, 11) is 0. The van der Waals surface area contributed by atoms with Crippen LogP contribution in [-0.4, -0.2) is 47.8 Å². The second-order valence-electron chi connectivity index (χ2n) is 6.33. The topological polar surface area (TPSA) is 92.8 Å². The van der Waals surface area contributed by atoms with Gasteiger partial charge in [0, 0.05) is 13.0 Å². The van der Waals surface area contributed by atoms with Crippen molar-refractivity contribution in [2.24, 2.45) is 5.92 Å². The molecule has 26 heavy (non-hydrogen) atoms. The first-order valence-electron chi connectivity index (χ1n) is 8.36. The molecule has 0 radical (unpaired) electrons. The van der Waals surface area contributed by atoms with Gasteiger partial charge in [-0.2, -0.15) is 0 Å². The van der Waals surface area contributed by atoms with Crippen LogP contribution in [0.15, 0.2) is 24.3 Å². The summed E-state index contributed by atoms with van der Waals surface area (Å²) in [4.78, 5) is 49.2. The molecular formula is C18H21ClN2O5. The molecule has 0 unspecified atom stereocenters. The fourth-order valence-electron chi connectivity index (χ4n) is 2.57. The van der Waals surface area contributed by atoms with Crippen LogP contribution in [0.2, 0.25) is 5.02 Å². The van der Waals surface area contributed by atoms with Gasteiger partial charge in [0.2, 0.25) is 5.91 Å². The van der Waals surface area contributed by atoms with Crippen LogP contribution in [-0.2, 0) is 19.1 Å². The van der Waals surface area contributed by atoms with E-state index in [-0.39, 0.29) is 22.4 Å². The van der Waals surface area contributed by atoms with Gasteiger partial charge in [-0.15, -0.1) is 0 Å². The first kappa shape index (κ1) is 19.9. The first-order chi connectivity index (χ1) is 12.3. The van der Waals surface area contributed by atoms with E-state index < -0.39 is 30.4 Å². The number of benzene rings is 1. The number of carbonyl (C=O) groups excluding carboxylic acids is 4. The Balaban J connectivity index is 1.97. The number of imide groups is 1. The molecule has 0 aromatic heterocycles. The summed E-state index contributed by atoms with van der Waals surface area (Å²) in [6, 6.07) is 5.53. The third-order valence-corrected chi connectivity index (χ3v) is 4.37. The molecule has 2 rings (SSSR count). The van der Waals surface area contributed by atoms with E-state index in [0.717, 1.165) is 4.90 Å². The zero-order chi connectivity index (χ0) is 19.3. The number of nitrogens with zero attached hydrogens (tertiary/aromatic N) is 1. The Kier molecular flexibility index (Phi) is 6.74. The van der Waals surface area contributed by atoms with Crippen molar-refractivity contribution in [2.45, 2.75) is 32.7 Å². The van der Waals surface area contributed by atoms with Crippen molar-refractivity contribution in [3.8, 4) is 0 Å². The van der Waals surface area contributed by atoms with Crippen molar-refractivity contribution >= 4 is 35.3 Å². The Hall–Kier alpha value is -2.41. The van der Waals surface area contributed by atoms with Gasteiger partial charge in [0.1, 0.15) is 6.04 Å². The van der Waals surface area contributed by atoms with Crippen molar-refractivity contribution in [3.63, 3.8) is 0 Å². The van der Waals surface area contributed by atoms with E-state index in [1.54, 1.807) is 38.1 Å². The monoisotopic (exact) mass is 380 g/mol. The number of nitrogens with one attached hydrogen (secondary N) is 1. The van der Waals surface area contributed by atoms with E-state index in [4.69, 9.17) is 16.3 Å².